The summed E-state index contributed by atoms with van der Waals surface area (Å²) in [6.45, 7) is 1.36. The molecule has 2 aromatic carbocycles. The highest BCUT2D eigenvalue weighted by molar-refractivity contribution is 7.98. The zero-order valence-corrected chi connectivity index (χ0v) is 17.4. The minimum atomic E-state index is -0.723. The number of carboxylic acids is 1. The lowest BCUT2D eigenvalue weighted by Crippen LogP contribution is -2.41. The van der Waals surface area contributed by atoms with Gasteiger partial charge < -0.3 is 14.6 Å². The Morgan fingerprint density at radius 2 is 1.93 bits per heavy atom. The van der Waals surface area contributed by atoms with Crippen molar-refractivity contribution in [3.63, 3.8) is 0 Å². The summed E-state index contributed by atoms with van der Waals surface area (Å²) in [5.41, 5.74) is 2.11. The van der Waals surface area contributed by atoms with Crippen molar-refractivity contribution < 1.29 is 19.4 Å². The largest absolute Gasteiger partial charge is 0.493 e. The standard InChI is InChI=1S/C22H27NO4S/c1-26-19-8-4-7-18(21(19)27-2)20(15-9-11-17(28-3)12-10-15)23-13-5-6-16(14-23)22(24)25/h4,7-12,16,20H,5-6,13-14H2,1-3H3,(H,24,25). The summed E-state index contributed by atoms with van der Waals surface area (Å²) < 4.78 is 11.2. The first kappa shape index (κ1) is 20.6. The maximum absolute atomic E-state index is 11.6. The van der Waals surface area contributed by atoms with Crippen LogP contribution in [0.1, 0.15) is 30.0 Å². The lowest BCUT2D eigenvalue weighted by atomic mass is 9.91. The van der Waals surface area contributed by atoms with Crippen LogP contribution >= 0.6 is 11.8 Å². The van der Waals surface area contributed by atoms with Crippen molar-refractivity contribution in [2.24, 2.45) is 5.92 Å². The predicted molar refractivity (Wildman–Crippen MR) is 112 cm³/mol. The van der Waals surface area contributed by atoms with E-state index in [1.165, 1.54) is 4.90 Å². The van der Waals surface area contributed by atoms with Crippen LogP contribution in [0.4, 0.5) is 0 Å². The average molecular weight is 402 g/mol. The van der Waals surface area contributed by atoms with Gasteiger partial charge in [-0.05, 0) is 49.4 Å². The van der Waals surface area contributed by atoms with Gasteiger partial charge in [0.2, 0.25) is 0 Å². The van der Waals surface area contributed by atoms with E-state index in [9.17, 15) is 9.90 Å². The molecule has 2 atom stereocenters. The van der Waals surface area contributed by atoms with Crippen LogP contribution in [0.5, 0.6) is 11.5 Å². The average Bonchev–Trinajstić information content (AvgIpc) is 2.74. The number of aliphatic carboxylic acids is 1. The van der Waals surface area contributed by atoms with Gasteiger partial charge in [-0.25, -0.2) is 0 Å². The van der Waals surface area contributed by atoms with Gasteiger partial charge in [-0.15, -0.1) is 11.8 Å². The lowest BCUT2D eigenvalue weighted by molar-refractivity contribution is -0.143. The number of carbonyl (C=O) groups is 1. The summed E-state index contributed by atoms with van der Waals surface area (Å²) in [6.07, 6.45) is 3.64. The van der Waals surface area contributed by atoms with E-state index < -0.39 is 5.97 Å². The first-order valence-electron chi connectivity index (χ1n) is 9.40. The molecule has 0 amide bonds. The van der Waals surface area contributed by atoms with Crippen molar-refractivity contribution in [2.45, 2.75) is 23.8 Å². The van der Waals surface area contributed by atoms with Crippen molar-refractivity contribution >= 4 is 17.7 Å². The molecule has 1 aliphatic rings. The number of hydrogen-bond donors (Lipinski definition) is 1. The van der Waals surface area contributed by atoms with Gasteiger partial charge in [0.05, 0.1) is 26.2 Å². The number of hydrogen-bond acceptors (Lipinski definition) is 5. The van der Waals surface area contributed by atoms with E-state index >= 15 is 0 Å². The Labute approximate surface area is 170 Å². The van der Waals surface area contributed by atoms with Crippen LogP contribution in [-0.4, -0.2) is 49.5 Å². The molecule has 28 heavy (non-hydrogen) atoms. The summed E-state index contributed by atoms with van der Waals surface area (Å²) in [5.74, 6) is 0.302. The van der Waals surface area contributed by atoms with Crippen LogP contribution in [0.3, 0.4) is 0 Å². The molecule has 6 heteroatoms. The van der Waals surface area contributed by atoms with Gasteiger partial charge in [0.15, 0.2) is 11.5 Å². The Balaban J connectivity index is 2.08. The number of likely N-dealkylation sites (tertiary alicyclic amines) is 1. The fourth-order valence-corrected chi connectivity index (χ4v) is 4.35. The number of carboxylic acid groups (broad SMARTS) is 1. The van der Waals surface area contributed by atoms with Crippen molar-refractivity contribution in [3.8, 4) is 11.5 Å². The molecule has 2 aromatic rings. The van der Waals surface area contributed by atoms with Gasteiger partial charge in [-0.3, -0.25) is 9.69 Å². The summed E-state index contributed by atoms with van der Waals surface area (Å²) >= 11 is 1.70. The molecule has 1 fully saturated rings. The van der Waals surface area contributed by atoms with Crippen LogP contribution in [-0.2, 0) is 4.79 Å². The number of methoxy groups -OCH3 is 2. The number of rotatable bonds is 7. The summed E-state index contributed by atoms with van der Waals surface area (Å²) in [4.78, 5) is 15.1. The minimum absolute atomic E-state index is 0.0943. The quantitative estimate of drug-likeness (QED) is 0.698. The number of nitrogens with zero attached hydrogens (tertiary/aromatic N) is 1. The van der Waals surface area contributed by atoms with Crippen LogP contribution in [0, 0.1) is 5.92 Å². The Morgan fingerprint density at radius 3 is 2.54 bits per heavy atom. The fourth-order valence-electron chi connectivity index (χ4n) is 3.94. The van der Waals surface area contributed by atoms with E-state index in [2.05, 4.69) is 35.4 Å². The number of thioether (sulfide) groups is 1. The third-order valence-electron chi connectivity index (χ3n) is 5.33. The second-order valence-electron chi connectivity index (χ2n) is 6.93. The molecular weight excluding hydrogens is 374 g/mol. The first-order valence-corrected chi connectivity index (χ1v) is 10.6. The third kappa shape index (κ3) is 4.28. The van der Waals surface area contributed by atoms with Crippen LogP contribution in [0.25, 0.3) is 0 Å². The van der Waals surface area contributed by atoms with Gasteiger partial charge in [0.1, 0.15) is 0 Å². The van der Waals surface area contributed by atoms with Gasteiger partial charge >= 0.3 is 5.97 Å². The Hall–Kier alpha value is -2.18. The number of para-hydroxylation sites is 1. The second kappa shape index (κ2) is 9.34. The second-order valence-corrected chi connectivity index (χ2v) is 7.81. The molecule has 1 N–H and O–H groups in total. The van der Waals surface area contributed by atoms with E-state index in [1.807, 2.05) is 18.2 Å². The van der Waals surface area contributed by atoms with Crippen LogP contribution < -0.4 is 9.47 Å². The van der Waals surface area contributed by atoms with Crippen LogP contribution in [0.15, 0.2) is 47.4 Å². The molecule has 0 aliphatic carbocycles. The summed E-state index contributed by atoms with van der Waals surface area (Å²) in [6, 6.07) is 14.3. The Kier molecular flexibility index (Phi) is 6.86. The number of ether oxygens (including phenoxy) is 2. The zero-order valence-electron chi connectivity index (χ0n) is 16.6. The molecule has 0 bridgehead atoms. The molecule has 0 radical (unpaired) electrons. The Morgan fingerprint density at radius 1 is 1.18 bits per heavy atom. The van der Waals surface area contributed by atoms with E-state index in [1.54, 1.807) is 26.0 Å². The van der Waals surface area contributed by atoms with Crippen molar-refractivity contribution in [2.75, 3.05) is 33.6 Å². The molecule has 150 valence electrons. The maximum Gasteiger partial charge on any atom is 0.307 e. The van der Waals surface area contributed by atoms with Gasteiger partial charge in [-0.1, -0.05) is 24.3 Å². The molecule has 1 aliphatic heterocycles. The maximum atomic E-state index is 11.6. The molecule has 0 spiro atoms. The van der Waals surface area contributed by atoms with Gasteiger partial charge in [0.25, 0.3) is 0 Å². The first-order chi connectivity index (χ1) is 13.6. The molecule has 1 saturated heterocycles. The van der Waals surface area contributed by atoms with Crippen molar-refractivity contribution in [3.05, 3.63) is 53.6 Å². The highest BCUT2D eigenvalue weighted by Crippen LogP contribution is 2.41. The highest BCUT2D eigenvalue weighted by atomic mass is 32.2. The topological polar surface area (TPSA) is 59.0 Å². The Bertz CT molecular complexity index is 809. The van der Waals surface area contributed by atoms with Crippen molar-refractivity contribution in [1.82, 2.24) is 4.90 Å². The smallest absolute Gasteiger partial charge is 0.307 e. The van der Waals surface area contributed by atoms with Gasteiger partial charge in [0, 0.05) is 17.0 Å². The predicted octanol–water partition coefficient (Wildman–Crippen LogP) is 4.31. The molecule has 3 rings (SSSR count). The molecule has 2 unspecified atom stereocenters. The molecule has 0 saturated carbocycles. The number of benzene rings is 2. The van der Waals surface area contributed by atoms with Crippen molar-refractivity contribution in [1.29, 1.82) is 0 Å². The molecule has 0 aromatic heterocycles. The van der Waals surface area contributed by atoms with Gasteiger partial charge in [-0.2, -0.15) is 0 Å². The molecule has 1 heterocycles. The zero-order chi connectivity index (χ0) is 20.1. The molecular formula is C22H27NO4S. The molecule has 5 nitrogen and oxygen atoms in total. The lowest BCUT2D eigenvalue weighted by Gasteiger charge is -2.38. The minimum Gasteiger partial charge on any atom is -0.493 e. The summed E-state index contributed by atoms with van der Waals surface area (Å²) in [7, 11) is 3.27. The monoisotopic (exact) mass is 401 g/mol. The highest BCUT2D eigenvalue weighted by Gasteiger charge is 2.33. The fraction of sp³-hybridized carbons (Fsp3) is 0.409. The van der Waals surface area contributed by atoms with E-state index in [0.717, 1.165) is 30.5 Å². The van der Waals surface area contributed by atoms with E-state index in [-0.39, 0.29) is 12.0 Å². The van der Waals surface area contributed by atoms with E-state index in [4.69, 9.17) is 9.47 Å². The normalized spacial score (nSPS) is 18.5. The van der Waals surface area contributed by atoms with Crippen LogP contribution in [0.2, 0.25) is 0 Å². The van der Waals surface area contributed by atoms with E-state index in [0.29, 0.717) is 18.0 Å². The SMILES string of the molecule is COc1cccc(C(c2ccc(SC)cc2)N2CCCC(C(=O)O)C2)c1OC. The summed E-state index contributed by atoms with van der Waals surface area (Å²) in [5, 5.41) is 9.56. The number of piperidine rings is 1. The third-order valence-corrected chi connectivity index (χ3v) is 6.07.